The maximum Gasteiger partial charge on any atom is 0.311 e. The van der Waals surface area contributed by atoms with Crippen molar-refractivity contribution in [1.29, 1.82) is 5.26 Å². The molecule has 1 saturated carbocycles. The third-order valence-corrected chi connectivity index (χ3v) is 5.00. The van der Waals surface area contributed by atoms with Crippen LogP contribution in [-0.2, 0) is 9.53 Å². The van der Waals surface area contributed by atoms with Gasteiger partial charge in [-0.25, -0.2) is 4.39 Å². The van der Waals surface area contributed by atoms with E-state index in [1.54, 1.807) is 30.3 Å². The molecule has 0 heterocycles. The summed E-state index contributed by atoms with van der Waals surface area (Å²) >= 11 is 0. The maximum atomic E-state index is 14.1. The molecule has 3 unspecified atom stereocenters. The molecule has 1 aliphatic rings. The molecule has 0 aromatic heterocycles. The van der Waals surface area contributed by atoms with Gasteiger partial charge in [-0.2, -0.15) is 5.26 Å². The summed E-state index contributed by atoms with van der Waals surface area (Å²) in [6.07, 6.45) is 0.592. The average molecular weight is 365 g/mol. The summed E-state index contributed by atoms with van der Waals surface area (Å²) in [7, 11) is 0. The topological polar surface area (TPSA) is 59.3 Å². The number of nitrogens with zero attached hydrogens (tertiary/aromatic N) is 1. The van der Waals surface area contributed by atoms with Gasteiger partial charge in [0, 0.05) is 5.56 Å². The molecule has 2 aromatic carbocycles. The number of carbonyl (C=O) groups is 1. The molecule has 4 nitrogen and oxygen atoms in total. The van der Waals surface area contributed by atoms with Crippen molar-refractivity contribution in [3.63, 3.8) is 0 Å². The molecule has 0 saturated heterocycles. The van der Waals surface area contributed by atoms with Gasteiger partial charge in [0.2, 0.25) is 6.10 Å². The van der Waals surface area contributed by atoms with E-state index in [1.165, 1.54) is 18.2 Å². The molecular weight excluding hydrogens is 345 g/mol. The highest BCUT2D eigenvalue weighted by atomic mass is 19.1. The molecule has 0 N–H and O–H groups in total. The van der Waals surface area contributed by atoms with E-state index >= 15 is 0 Å². The number of carbonyl (C=O) groups excluding carboxylic acids is 1. The highest BCUT2D eigenvalue weighted by molar-refractivity contribution is 5.78. The number of hydrogen-bond donors (Lipinski definition) is 0. The van der Waals surface area contributed by atoms with Gasteiger partial charge in [-0.1, -0.05) is 44.2 Å². The van der Waals surface area contributed by atoms with Crippen LogP contribution in [0.5, 0.6) is 11.5 Å². The van der Waals surface area contributed by atoms with Crippen molar-refractivity contribution in [3.8, 4) is 17.6 Å². The molecule has 0 bridgehead atoms. The maximum absolute atomic E-state index is 14.1. The lowest BCUT2D eigenvalue weighted by Gasteiger charge is -2.14. The monoisotopic (exact) mass is 365 g/mol. The van der Waals surface area contributed by atoms with E-state index in [-0.39, 0.29) is 23.0 Å². The Morgan fingerprint density at radius 1 is 1.30 bits per heavy atom. The fourth-order valence-corrected chi connectivity index (χ4v) is 3.30. The number of nitriles is 1. The predicted octanol–water partition coefficient (Wildman–Crippen LogP) is 5.18. The van der Waals surface area contributed by atoms with Crippen molar-refractivity contribution in [2.45, 2.75) is 20.0 Å². The Bertz CT molecular complexity index is 902. The van der Waals surface area contributed by atoms with Crippen molar-refractivity contribution >= 4 is 5.97 Å². The van der Waals surface area contributed by atoms with Gasteiger partial charge in [-0.3, -0.25) is 4.79 Å². The number of para-hydroxylation sites is 1. The molecule has 0 spiro atoms. The van der Waals surface area contributed by atoms with Crippen LogP contribution in [0.4, 0.5) is 4.39 Å². The second-order valence-electron chi connectivity index (χ2n) is 7.11. The third-order valence-electron chi connectivity index (χ3n) is 5.00. The second-order valence-corrected chi connectivity index (χ2v) is 7.11. The summed E-state index contributed by atoms with van der Waals surface area (Å²) in [5, 5.41) is 9.45. The quantitative estimate of drug-likeness (QED) is 0.522. The number of allylic oxidation sites excluding steroid dienone is 1. The largest absolute Gasteiger partial charge is 0.454 e. The zero-order valence-corrected chi connectivity index (χ0v) is 15.2. The second kappa shape index (κ2) is 7.24. The highest BCUT2D eigenvalue weighted by Gasteiger charge is 2.61. The standard InChI is InChI=1S/C22H20FNO3/c1-4-16-20(22(16,2)3)21(25)27-19(13-24)14-10-11-17(23)18(12-14)26-15-8-6-5-7-9-15/h4-12,16,19-20H,1H2,2-3H3. The number of ether oxygens (including phenoxy) is 2. The number of benzene rings is 2. The lowest BCUT2D eigenvalue weighted by Crippen LogP contribution is -2.14. The molecule has 138 valence electrons. The van der Waals surface area contributed by atoms with E-state index in [9.17, 15) is 14.4 Å². The Balaban J connectivity index is 1.78. The normalized spacial score (nSPS) is 20.8. The first-order valence-corrected chi connectivity index (χ1v) is 8.63. The molecule has 1 fully saturated rings. The highest BCUT2D eigenvalue weighted by Crippen LogP contribution is 2.59. The minimum absolute atomic E-state index is 0.0227. The molecular formula is C22H20FNO3. The number of esters is 1. The molecule has 2 aromatic rings. The molecule has 5 heteroatoms. The molecule has 0 aliphatic heterocycles. The van der Waals surface area contributed by atoms with Crippen LogP contribution in [0.25, 0.3) is 0 Å². The van der Waals surface area contributed by atoms with Gasteiger partial charge in [0.05, 0.1) is 5.92 Å². The van der Waals surface area contributed by atoms with Gasteiger partial charge >= 0.3 is 5.97 Å². The van der Waals surface area contributed by atoms with Crippen LogP contribution < -0.4 is 4.74 Å². The summed E-state index contributed by atoms with van der Waals surface area (Å²) < 4.78 is 25.0. The number of rotatable bonds is 6. The van der Waals surface area contributed by atoms with Crippen LogP contribution in [-0.4, -0.2) is 5.97 Å². The van der Waals surface area contributed by atoms with E-state index < -0.39 is 17.9 Å². The summed E-state index contributed by atoms with van der Waals surface area (Å²) in [5.74, 6) is -0.897. The minimum atomic E-state index is -1.14. The number of halogens is 1. The Morgan fingerprint density at radius 3 is 2.59 bits per heavy atom. The summed E-state index contributed by atoms with van der Waals surface area (Å²) in [6, 6.07) is 14.7. The van der Waals surface area contributed by atoms with Gasteiger partial charge < -0.3 is 9.47 Å². The van der Waals surface area contributed by atoms with Gasteiger partial charge in [-0.05, 0) is 35.6 Å². The van der Waals surface area contributed by atoms with Crippen LogP contribution in [0, 0.1) is 34.4 Å². The van der Waals surface area contributed by atoms with E-state index in [0.29, 0.717) is 11.3 Å². The first-order valence-electron chi connectivity index (χ1n) is 8.63. The average Bonchev–Trinajstić information content (AvgIpc) is 3.23. The van der Waals surface area contributed by atoms with Crippen LogP contribution in [0.1, 0.15) is 25.5 Å². The summed E-state index contributed by atoms with van der Waals surface area (Å²) in [5.41, 5.74) is 0.121. The van der Waals surface area contributed by atoms with E-state index in [2.05, 4.69) is 6.58 Å². The fourth-order valence-electron chi connectivity index (χ4n) is 3.30. The first-order chi connectivity index (χ1) is 12.9. The van der Waals surface area contributed by atoms with Crippen molar-refractivity contribution < 1.29 is 18.7 Å². The van der Waals surface area contributed by atoms with Crippen molar-refractivity contribution in [1.82, 2.24) is 0 Å². The van der Waals surface area contributed by atoms with Crippen LogP contribution in [0.2, 0.25) is 0 Å². The first kappa shape index (κ1) is 18.7. The predicted molar refractivity (Wildman–Crippen MR) is 98.3 cm³/mol. The number of hydrogen-bond acceptors (Lipinski definition) is 4. The molecule has 0 amide bonds. The molecule has 3 rings (SSSR count). The molecule has 0 radical (unpaired) electrons. The Kier molecular flexibility index (Phi) is 5.00. The summed E-state index contributed by atoms with van der Waals surface area (Å²) in [6.45, 7) is 7.65. The van der Waals surface area contributed by atoms with Crippen molar-refractivity contribution in [2.75, 3.05) is 0 Å². The smallest absolute Gasteiger partial charge is 0.311 e. The van der Waals surface area contributed by atoms with Crippen molar-refractivity contribution in [3.05, 3.63) is 72.6 Å². The minimum Gasteiger partial charge on any atom is -0.454 e. The summed E-state index contributed by atoms with van der Waals surface area (Å²) in [4.78, 5) is 12.4. The van der Waals surface area contributed by atoms with Gasteiger partial charge in [-0.15, -0.1) is 6.58 Å². The molecule has 1 aliphatic carbocycles. The van der Waals surface area contributed by atoms with Gasteiger partial charge in [0.15, 0.2) is 11.6 Å². The Labute approximate surface area is 157 Å². The van der Waals surface area contributed by atoms with Gasteiger partial charge in [0.1, 0.15) is 11.8 Å². The third kappa shape index (κ3) is 3.70. The van der Waals surface area contributed by atoms with E-state index in [0.717, 1.165) is 0 Å². The zero-order chi connectivity index (χ0) is 19.6. The van der Waals surface area contributed by atoms with E-state index in [1.807, 2.05) is 26.0 Å². The Hall–Kier alpha value is -3.13. The lowest BCUT2D eigenvalue weighted by atomic mass is 10.1. The van der Waals surface area contributed by atoms with Crippen LogP contribution in [0.3, 0.4) is 0 Å². The molecule has 27 heavy (non-hydrogen) atoms. The molecule has 3 atom stereocenters. The van der Waals surface area contributed by atoms with Crippen LogP contribution in [0.15, 0.2) is 61.2 Å². The zero-order valence-electron chi connectivity index (χ0n) is 15.2. The fraction of sp³-hybridized carbons (Fsp3) is 0.273. The SMILES string of the molecule is C=CC1C(C(=O)OC(C#N)c2ccc(F)c(Oc3ccccc3)c2)C1(C)C. The lowest BCUT2D eigenvalue weighted by molar-refractivity contribution is -0.149. The van der Waals surface area contributed by atoms with E-state index in [4.69, 9.17) is 9.47 Å². The van der Waals surface area contributed by atoms with Crippen LogP contribution >= 0.6 is 0 Å². The van der Waals surface area contributed by atoms with Gasteiger partial charge in [0.25, 0.3) is 0 Å². The van der Waals surface area contributed by atoms with Crippen molar-refractivity contribution in [2.24, 2.45) is 17.3 Å². The Morgan fingerprint density at radius 2 is 2.00 bits per heavy atom.